The second kappa shape index (κ2) is 6.14. The quantitative estimate of drug-likeness (QED) is 0.846. The molecule has 5 heteroatoms. The van der Waals surface area contributed by atoms with Gasteiger partial charge in [-0.1, -0.05) is 13.8 Å². The van der Waals surface area contributed by atoms with E-state index in [1.165, 1.54) is 0 Å². The van der Waals surface area contributed by atoms with Crippen LogP contribution in [0.15, 0.2) is 24.8 Å². The molecule has 0 saturated heterocycles. The Balaban J connectivity index is 2.02. The molecule has 0 atom stereocenters. The standard InChI is InChI=1S/C13H19N5/c1-3-5-14-12-9-16-11(8-17-12)10-18-7-6-15-13(18)4-2/h6-9H,3-5,10H2,1-2H3,(H,14,17). The van der Waals surface area contributed by atoms with Gasteiger partial charge in [-0.2, -0.15) is 0 Å². The minimum atomic E-state index is 0.726. The first kappa shape index (κ1) is 12.5. The second-order valence-electron chi connectivity index (χ2n) is 4.14. The van der Waals surface area contributed by atoms with Gasteiger partial charge < -0.3 is 9.88 Å². The average Bonchev–Trinajstić information content (AvgIpc) is 2.85. The minimum Gasteiger partial charge on any atom is -0.369 e. The van der Waals surface area contributed by atoms with E-state index in [-0.39, 0.29) is 0 Å². The Hall–Kier alpha value is -1.91. The molecule has 0 amide bonds. The van der Waals surface area contributed by atoms with Crippen LogP contribution in [0.1, 0.15) is 31.8 Å². The van der Waals surface area contributed by atoms with Gasteiger partial charge in [-0.05, 0) is 6.42 Å². The van der Waals surface area contributed by atoms with Crippen LogP contribution in [0.5, 0.6) is 0 Å². The summed E-state index contributed by atoms with van der Waals surface area (Å²) >= 11 is 0. The van der Waals surface area contributed by atoms with E-state index in [0.717, 1.165) is 43.3 Å². The summed E-state index contributed by atoms with van der Waals surface area (Å²) in [5.41, 5.74) is 0.949. The number of hydrogen-bond donors (Lipinski definition) is 1. The molecule has 0 aliphatic heterocycles. The van der Waals surface area contributed by atoms with Gasteiger partial charge in [0.05, 0.1) is 24.6 Å². The van der Waals surface area contributed by atoms with Crippen molar-refractivity contribution in [2.24, 2.45) is 0 Å². The fourth-order valence-electron chi connectivity index (χ4n) is 1.75. The number of nitrogens with one attached hydrogen (secondary N) is 1. The first-order chi connectivity index (χ1) is 8.83. The average molecular weight is 245 g/mol. The van der Waals surface area contributed by atoms with Gasteiger partial charge in [-0.25, -0.2) is 9.97 Å². The SMILES string of the molecule is CCCNc1cnc(Cn2ccnc2CC)cn1. The highest BCUT2D eigenvalue weighted by atomic mass is 15.1. The number of aryl methyl sites for hydroxylation is 1. The van der Waals surface area contributed by atoms with Crippen molar-refractivity contribution >= 4 is 5.82 Å². The van der Waals surface area contributed by atoms with Crippen LogP contribution < -0.4 is 5.32 Å². The number of rotatable bonds is 6. The summed E-state index contributed by atoms with van der Waals surface area (Å²) in [6.45, 7) is 5.88. The Morgan fingerprint density at radius 1 is 1.17 bits per heavy atom. The van der Waals surface area contributed by atoms with Crippen molar-refractivity contribution in [3.63, 3.8) is 0 Å². The molecular formula is C13H19N5. The van der Waals surface area contributed by atoms with Crippen molar-refractivity contribution in [3.05, 3.63) is 36.3 Å². The molecule has 5 nitrogen and oxygen atoms in total. The minimum absolute atomic E-state index is 0.726. The first-order valence-electron chi connectivity index (χ1n) is 6.38. The largest absolute Gasteiger partial charge is 0.369 e. The highest BCUT2D eigenvalue weighted by molar-refractivity contribution is 5.30. The van der Waals surface area contributed by atoms with Crippen molar-refractivity contribution < 1.29 is 0 Å². The lowest BCUT2D eigenvalue weighted by Gasteiger charge is -2.07. The molecule has 18 heavy (non-hydrogen) atoms. The number of hydrogen-bond acceptors (Lipinski definition) is 4. The van der Waals surface area contributed by atoms with Crippen LogP contribution in [0.3, 0.4) is 0 Å². The summed E-state index contributed by atoms with van der Waals surface area (Å²) in [7, 11) is 0. The molecule has 2 aromatic rings. The monoisotopic (exact) mass is 245 g/mol. The fourth-order valence-corrected chi connectivity index (χ4v) is 1.75. The van der Waals surface area contributed by atoms with E-state index < -0.39 is 0 Å². The normalized spacial score (nSPS) is 10.6. The fraction of sp³-hybridized carbons (Fsp3) is 0.462. The molecule has 0 saturated carbocycles. The van der Waals surface area contributed by atoms with Crippen molar-refractivity contribution in [1.29, 1.82) is 0 Å². The lowest BCUT2D eigenvalue weighted by Crippen LogP contribution is -2.07. The molecule has 0 aliphatic carbocycles. The Morgan fingerprint density at radius 3 is 2.72 bits per heavy atom. The molecule has 2 heterocycles. The van der Waals surface area contributed by atoms with Gasteiger partial charge in [0.25, 0.3) is 0 Å². The molecule has 0 aliphatic rings. The Bertz CT molecular complexity index is 474. The molecule has 0 aromatic carbocycles. The molecule has 2 aromatic heterocycles. The maximum absolute atomic E-state index is 4.41. The van der Waals surface area contributed by atoms with Crippen LogP contribution in [0.25, 0.3) is 0 Å². The zero-order chi connectivity index (χ0) is 12.8. The number of imidazole rings is 1. The number of nitrogens with zero attached hydrogens (tertiary/aromatic N) is 4. The maximum Gasteiger partial charge on any atom is 0.144 e. The van der Waals surface area contributed by atoms with Crippen LogP contribution in [0.4, 0.5) is 5.82 Å². The third-order valence-electron chi connectivity index (χ3n) is 2.71. The molecule has 0 radical (unpaired) electrons. The van der Waals surface area contributed by atoms with Crippen molar-refractivity contribution in [2.45, 2.75) is 33.2 Å². The molecule has 2 rings (SSSR count). The smallest absolute Gasteiger partial charge is 0.144 e. The van der Waals surface area contributed by atoms with E-state index in [4.69, 9.17) is 0 Å². The lowest BCUT2D eigenvalue weighted by molar-refractivity contribution is 0.713. The summed E-state index contributed by atoms with van der Waals surface area (Å²) in [6, 6.07) is 0. The third-order valence-corrected chi connectivity index (χ3v) is 2.71. The van der Waals surface area contributed by atoms with E-state index in [2.05, 4.69) is 38.7 Å². The number of aromatic nitrogens is 4. The van der Waals surface area contributed by atoms with Gasteiger partial charge in [0, 0.05) is 25.4 Å². The van der Waals surface area contributed by atoms with Crippen molar-refractivity contribution in [2.75, 3.05) is 11.9 Å². The lowest BCUT2D eigenvalue weighted by atomic mass is 10.4. The predicted octanol–water partition coefficient (Wildman–Crippen LogP) is 2.11. The Morgan fingerprint density at radius 2 is 2.06 bits per heavy atom. The highest BCUT2D eigenvalue weighted by Gasteiger charge is 2.02. The summed E-state index contributed by atoms with van der Waals surface area (Å²) in [4.78, 5) is 13.0. The van der Waals surface area contributed by atoms with E-state index in [9.17, 15) is 0 Å². The van der Waals surface area contributed by atoms with Gasteiger partial charge in [-0.15, -0.1) is 0 Å². The number of anilines is 1. The molecule has 0 bridgehead atoms. The molecule has 0 unspecified atom stereocenters. The van der Waals surface area contributed by atoms with E-state index in [1.807, 2.05) is 18.6 Å². The van der Waals surface area contributed by atoms with Crippen LogP contribution in [-0.2, 0) is 13.0 Å². The molecule has 0 fully saturated rings. The zero-order valence-electron chi connectivity index (χ0n) is 10.9. The second-order valence-corrected chi connectivity index (χ2v) is 4.14. The molecule has 0 spiro atoms. The first-order valence-corrected chi connectivity index (χ1v) is 6.38. The molecule has 96 valence electrons. The zero-order valence-corrected chi connectivity index (χ0v) is 10.9. The highest BCUT2D eigenvalue weighted by Crippen LogP contribution is 2.05. The summed E-state index contributed by atoms with van der Waals surface area (Å²) < 4.78 is 2.10. The van der Waals surface area contributed by atoms with Crippen molar-refractivity contribution in [1.82, 2.24) is 19.5 Å². The topological polar surface area (TPSA) is 55.6 Å². The summed E-state index contributed by atoms with van der Waals surface area (Å²) in [5, 5.41) is 3.21. The van der Waals surface area contributed by atoms with Gasteiger partial charge in [0.1, 0.15) is 11.6 Å². The van der Waals surface area contributed by atoms with Crippen LogP contribution in [-0.4, -0.2) is 26.1 Å². The van der Waals surface area contributed by atoms with Crippen LogP contribution in [0, 0.1) is 0 Å². The molecular weight excluding hydrogens is 226 g/mol. The van der Waals surface area contributed by atoms with Gasteiger partial charge in [-0.3, -0.25) is 4.98 Å². The van der Waals surface area contributed by atoms with Gasteiger partial charge >= 0.3 is 0 Å². The van der Waals surface area contributed by atoms with E-state index >= 15 is 0 Å². The molecule has 1 N–H and O–H groups in total. The van der Waals surface area contributed by atoms with Crippen LogP contribution in [0.2, 0.25) is 0 Å². The van der Waals surface area contributed by atoms with Gasteiger partial charge in [0.2, 0.25) is 0 Å². The summed E-state index contributed by atoms with van der Waals surface area (Å²) in [5.74, 6) is 1.91. The maximum atomic E-state index is 4.41. The summed E-state index contributed by atoms with van der Waals surface area (Å²) in [6.07, 6.45) is 9.41. The Kier molecular flexibility index (Phi) is 4.28. The van der Waals surface area contributed by atoms with E-state index in [1.54, 1.807) is 6.20 Å². The van der Waals surface area contributed by atoms with Gasteiger partial charge in [0.15, 0.2) is 0 Å². The van der Waals surface area contributed by atoms with Crippen molar-refractivity contribution in [3.8, 4) is 0 Å². The van der Waals surface area contributed by atoms with E-state index in [0.29, 0.717) is 0 Å². The predicted molar refractivity (Wildman–Crippen MR) is 71.5 cm³/mol. The Labute approximate surface area is 107 Å². The third kappa shape index (κ3) is 3.06. The van der Waals surface area contributed by atoms with Crippen LogP contribution >= 0.6 is 0 Å².